The second kappa shape index (κ2) is 15.4. The molecule has 34 heavy (non-hydrogen) atoms. The summed E-state index contributed by atoms with van der Waals surface area (Å²) in [5, 5.41) is 16.8. The van der Waals surface area contributed by atoms with Crippen LogP contribution in [0.25, 0.3) is 0 Å². The number of nitrogens with two attached hydrogens (primary N) is 4. The summed E-state index contributed by atoms with van der Waals surface area (Å²) in [6.07, 6.45) is 0.156. The smallest absolute Gasteiger partial charge is 0.326 e. The molecule has 4 amide bonds. The Hall–Kier alpha value is -3.42. The molecule has 0 heterocycles. The summed E-state index contributed by atoms with van der Waals surface area (Å²) in [6, 6.07) is -4.38. The van der Waals surface area contributed by atoms with Crippen LogP contribution in [0.15, 0.2) is 4.99 Å². The molecule has 0 aromatic carbocycles. The third-order valence-electron chi connectivity index (χ3n) is 4.63. The minimum Gasteiger partial charge on any atom is -0.480 e. The van der Waals surface area contributed by atoms with E-state index >= 15 is 0 Å². The fraction of sp³-hybridized carbons (Fsp3) is 0.700. The number of amides is 4. The van der Waals surface area contributed by atoms with Gasteiger partial charge >= 0.3 is 5.97 Å². The first-order chi connectivity index (χ1) is 15.7. The molecule has 4 unspecified atom stereocenters. The van der Waals surface area contributed by atoms with Gasteiger partial charge in [-0.2, -0.15) is 0 Å². The van der Waals surface area contributed by atoms with Gasteiger partial charge in [-0.1, -0.05) is 13.8 Å². The van der Waals surface area contributed by atoms with Gasteiger partial charge in [0.05, 0.1) is 6.04 Å². The quantitative estimate of drug-likeness (QED) is 0.0637. The molecule has 0 saturated heterocycles. The van der Waals surface area contributed by atoms with E-state index in [0.717, 1.165) is 0 Å². The van der Waals surface area contributed by atoms with E-state index in [1.165, 1.54) is 6.92 Å². The van der Waals surface area contributed by atoms with Gasteiger partial charge in [0.2, 0.25) is 23.6 Å². The normalized spacial score (nSPS) is 14.3. The number of carboxylic acids is 1. The molecule has 0 spiro atoms. The van der Waals surface area contributed by atoms with Crippen molar-refractivity contribution >= 4 is 35.6 Å². The summed E-state index contributed by atoms with van der Waals surface area (Å²) >= 11 is 0. The second-order valence-corrected chi connectivity index (χ2v) is 8.39. The number of hydrogen-bond acceptors (Lipinski definition) is 7. The lowest BCUT2D eigenvalue weighted by Crippen LogP contribution is -2.57. The predicted octanol–water partition coefficient (Wildman–Crippen LogP) is -2.76. The first-order valence-electron chi connectivity index (χ1n) is 11.0. The number of guanidine groups is 1. The zero-order chi connectivity index (χ0) is 26.4. The van der Waals surface area contributed by atoms with Crippen molar-refractivity contribution in [2.24, 2.45) is 33.8 Å². The zero-order valence-electron chi connectivity index (χ0n) is 19.9. The maximum atomic E-state index is 12.9. The molecular weight excluding hydrogens is 448 g/mol. The van der Waals surface area contributed by atoms with E-state index in [1.807, 2.05) is 13.8 Å². The van der Waals surface area contributed by atoms with Crippen molar-refractivity contribution in [1.82, 2.24) is 16.0 Å². The Morgan fingerprint density at radius 3 is 1.82 bits per heavy atom. The molecule has 0 aliphatic heterocycles. The third-order valence-corrected chi connectivity index (χ3v) is 4.63. The predicted molar refractivity (Wildman–Crippen MR) is 125 cm³/mol. The van der Waals surface area contributed by atoms with E-state index in [2.05, 4.69) is 20.9 Å². The van der Waals surface area contributed by atoms with Crippen LogP contribution in [0, 0.1) is 5.92 Å². The number of rotatable bonds is 16. The van der Waals surface area contributed by atoms with E-state index < -0.39 is 53.8 Å². The summed E-state index contributed by atoms with van der Waals surface area (Å²) in [5.41, 5.74) is 21.2. The second-order valence-electron chi connectivity index (χ2n) is 8.39. The Morgan fingerprint density at radius 2 is 1.35 bits per heavy atom. The van der Waals surface area contributed by atoms with Gasteiger partial charge in [-0.05, 0) is 38.5 Å². The number of nitrogens with one attached hydrogen (secondary N) is 3. The van der Waals surface area contributed by atoms with Gasteiger partial charge in [-0.3, -0.25) is 24.2 Å². The highest BCUT2D eigenvalue weighted by atomic mass is 16.4. The topological polar surface area (TPSA) is 258 Å². The number of aliphatic imine (C=N–C) groups is 1. The van der Waals surface area contributed by atoms with Crippen LogP contribution in [0.2, 0.25) is 0 Å². The van der Waals surface area contributed by atoms with Gasteiger partial charge in [0.15, 0.2) is 5.96 Å². The van der Waals surface area contributed by atoms with Crippen LogP contribution in [0.1, 0.15) is 52.9 Å². The Morgan fingerprint density at radius 1 is 0.824 bits per heavy atom. The summed E-state index contributed by atoms with van der Waals surface area (Å²) in [4.78, 5) is 64.3. The average molecular weight is 487 g/mol. The highest BCUT2D eigenvalue weighted by Crippen LogP contribution is 2.08. The van der Waals surface area contributed by atoms with Crippen LogP contribution in [-0.4, -0.2) is 71.4 Å². The van der Waals surface area contributed by atoms with E-state index in [1.54, 1.807) is 0 Å². The summed E-state index contributed by atoms with van der Waals surface area (Å²) in [7, 11) is 0. The molecule has 0 radical (unpaired) electrons. The number of hydrogen-bond donors (Lipinski definition) is 8. The van der Waals surface area contributed by atoms with Crippen LogP contribution in [0.4, 0.5) is 0 Å². The Labute approximate surface area is 198 Å². The number of carbonyl (C=O) groups is 5. The van der Waals surface area contributed by atoms with Crippen molar-refractivity contribution in [1.29, 1.82) is 0 Å². The van der Waals surface area contributed by atoms with Crippen molar-refractivity contribution < 1.29 is 29.1 Å². The molecule has 0 aliphatic carbocycles. The van der Waals surface area contributed by atoms with E-state index in [9.17, 15) is 29.1 Å². The van der Waals surface area contributed by atoms with Gasteiger partial charge in [0.25, 0.3) is 0 Å². The molecule has 0 aromatic rings. The number of carbonyl (C=O) groups excluding carboxylic acids is 4. The van der Waals surface area contributed by atoms with Crippen molar-refractivity contribution in [3.63, 3.8) is 0 Å². The Kier molecular flexibility index (Phi) is 13.9. The molecule has 0 fully saturated rings. The van der Waals surface area contributed by atoms with E-state index in [0.29, 0.717) is 0 Å². The summed E-state index contributed by atoms with van der Waals surface area (Å²) < 4.78 is 0. The zero-order valence-corrected chi connectivity index (χ0v) is 19.9. The van der Waals surface area contributed by atoms with Gasteiger partial charge in [0, 0.05) is 13.0 Å². The molecule has 14 heteroatoms. The van der Waals surface area contributed by atoms with E-state index in [4.69, 9.17) is 22.9 Å². The highest BCUT2D eigenvalue weighted by molar-refractivity contribution is 5.94. The molecule has 0 bridgehead atoms. The minimum atomic E-state index is -1.29. The molecule has 0 aromatic heterocycles. The van der Waals surface area contributed by atoms with Crippen LogP contribution < -0.4 is 38.9 Å². The molecule has 0 aliphatic rings. The largest absolute Gasteiger partial charge is 0.480 e. The Bertz CT molecular complexity index is 751. The number of aliphatic carboxylic acids is 1. The summed E-state index contributed by atoms with van der Waals surface area (Å²) in [5.74, 6) is -4.16. The molecule has 4 atom stereocenters. The van der Waals surface area contributed by atoms with E-state index in [-0.39, 0.29) is 50.5 Å². The monoisotopic (exact) mass is 486 g/mol. The van der Waals surface area contributed by atoms with Crippen LogP contribution in [0.5, 0.6) is 0 Å². The molecule has 12 N–H and O–H groups in total. The van der Waals surface area contributed by atoms with Crippen molar-refractivity contribution in [2.45, 2.75) is 77.0 Å². The van der Waals surface area contributed by atoms with Gasteiger partial charge in [-0.25, -0.2) is 4.79 Å². The Balaban J connectivity index is 5.46. The fourth-order valence-electron chi connectivity index (χ4n) is 2.87. The first-order valence-corrected chi connectivity index (χ1v) is 11.0. The lowest BCUT2D eigenvalue weighted by atomic mass is 10.0. The lowest BCUT2D eigenvalue weighted by Gasteiger charge is -2.25. The standard InChI is InChI=1S/C20H38N8O6/c1-10(2)9-14(28-16(30)11(3)21)18(32)26-12(6-7-15(22)29)17(31)27-13(19(33)34)5-4-8-25-20(23)24/h10-14H,4-9,21H2,1-3H3,(H2,22,29)(H,26,32)(H,27,31)(H,28,30)(H,33,34)(H4,23,24,25). The highest BCUT2D eigenvalue weighted by Gasteiger charge is 2.30. The van der Waals surface area contributed by atoms with Gasteiger partial charge in [-0.15, -0.1) is 0 Å². The minimum absolute atomic E-state index is 0.0173. The number of primary amides is 1. The van der Waals surface area contributed by atoms with Gasteiger partial charge in [0.1, 0.15) is 18.1 Å². The van der Waals surface area contributed by atoms with Crippen molar-refractivity contribution in [2.75, 3.05) is 6.54 Å². The molecular formula is C20H38N8O6. The average Bonchev–Trinajstić information content (AvgIpc) is 2.71. The SMILES string of the molecule is CC(C)CC(NC(=O)C(C)N)C(=O)NC(CCC(N)=O)C(=O)NC(CCCN=C(N)N)C(=O)O. The maximum Gasteiger partial charge on any atom is 0.326 e. The molecule has 194 valence electrons. The van der Waals surface area contributed by atoms with Crippen LogP contribution in [0.3, 0.4) is 0 Å². The fourth-order valence-corrected chi connectivity index (χ4v) is 2.87. The molecule has 0 saturated carbocycles. The maximum absolute atomic E-state index is 12.9. The van der Waals surface area contributed by atoms with Gasteiger partial charge < -0.3 is 44.0 Å². The number of carboxylic acid groups (broad SMARTS) is 1. The third kappa shape index (κ3) is 13.2. The lowest BCUT2D eigenvalue weighted by molar-refractivity contribution is -0.142. The number of nitrogens with zero attached hydrogens (tertiary/aromatic N) is 1. The van der Waals surface area contributed by atoms with Crippen LogP contribution >= 0.6 is 0 Å². The summed E-state index contributed by atoms with van der Waals surface area (Å²) in [6.45, 7) is 5.31. The van der Waals surface area contributed by atoms with Crippen molar-refractivity contribution in [3.8, 4) is 0 Å². The first kappa shape index (κ1) is 30.6. The molecule has 0 rings (SSSR count). The van der Waals surface area contributed by atoms with Crippen LogP contribution in [-0.2, 0) is 24.0 Å². The molecule has 14 nitrogen and oxygen atoms in total. The van der Waals surface area contributed by atoms with Crippen molar-refractivity contribution in [3.05, 3.63) is 0 Å².